The molecule has 0 saturated carbocycles. The second-order valence-corrected chi connectivity index (χ2v) is 6.07. The maximum atomic E-state index is 12.1. The summed E-state index contributed by atoms with van der Waals surface area (Å²) in [6.45, 7) is 4.84. The number of rotatable bonds is 4. The summed E-state index contributed by atoms with van der Waals surface area (Å²) in [5, 5.41) is 0. The number of amides is 1. The van der Waals surface area contributed by atoms with Gasteiger partial charge in [0.25, 0.3) is 0 Å². The number of nitrogens with zero attached hydrogens (tertiary/aromatic N) is 3. The molecule has 5 nitrogen and oxygen atoms in total. The number of pyridine rings is 1. The van der Waals surface area contributed by atoms with E-state index in [4.69, 9.17) is 4.74 Å². The Labute approximate surface area is 142 Å². The number of carbonyl (C=O) groups excluding carboxylic acids is 1. The van der Waals surface area contributed by atoms with Crippen LogP contribution in [0.1, 0.15) is 24.1 Å². The molecule has 0 aliphatic carbocycles. The number of hydrogen-bond acceptors (Lipinski definition) is 4. The standard InChI is InChI=1S/C19H23N3O2/c1-15(23)22-11-10-21(13-16-6-5-9-20-12-16)14-18(22)17-7-3-4-8-19(17)24-2/h3-9,12,18H,10-11,13-14H2,1-2H3/t18-/m1/s1. The van der Waals surface area contributed by atoms with Crippen molar-refractivity contribution in [1.82, 2.24) is 14.8 Å². The first-order valence-electron chi connectivity index (χ1n) is 8.20. The van der Waals surface area contributed by atoms with Crippen LogP contribution in [0.15, 0.2) is 48.8 Å². The van der Waals surface area contributed by atoms with Crippen molar-refractivity contribution >= 4 is 5.91 Å². The van der Waals surface area contributed by atoms with E-state index < -0.39 is 0 Å². The van der Waals surface area contributed by atoms with Crippen LogP contribution >= 0.6 is 0 Å². The lowest BCUT2D eigenvalue weighted by Gasteiger charge is -2.41. The van der Waals surface area contributed by atoms with Gasteiger partial charge in [0.15, 0.2) is 0 Å². The smallest absolute Gasteiger partial charge is 0.220 e. The lowest BCUT2D eigenvalue weighted by atomic mass is 10.0. The average Bonchev–Trinajstić information content (AvgIpc) is 2.62. The quantitative estimate of drug-likeness (QED) is 0.866. The minimum Gasteiger partial charge on any atom is -0.496 e. The fourth-order valence-corrected chi connectivity index (χ4v) is 3.32. The molecule has 2 aromatic rings. The Morgan fingerprint density at radius 2 is 2.08 bits per heavy atom. The highest BCUT2D eigenvalue weighted by Crippen LogP contribution is 2.32. The van der Waals surface area contributed by atoms with Crippen LogP contribution in [0.2, 0.25) is 0 Å². The van der Waals surface area contributed by atoms with Crippen LogP contribution in [0.5, 0.6) is 5.75 Å². The minimum absolute atomic E-state index is 0.00377. The maximum Gasteiger partial charge on any atom is 0.220 e. The van der Waals surface area contributed by atoms with E-state index in [0.29, 0.717) is 0 Å². The van der Waals surface area contributed by atoms with Gasteiger partial charge in [-0.3, -0.25) is 14.7 Å². The van der Waals surface area contributed by atoms with Crippen molar-refractivity contribution in [3.8, 4) is 5.75 Å². The number of aromatic nitrogens is 1. The number of piperazine rings is 1. The van der Waals surface area contributed by atoms with Gasteiger partial charge in [0.2, 0.25) is 5.91 Å². The molecule has 126 valence electrons. The Morgan fingerprint density at radius 1 is 1.25 bits per heavy atom. The van der Waals surface area contributed by atoms with Gasteiger partial charge in [0.05, 0.1) is 13.2 Å². The predicted molar refractivity (Wildman–Crippen MR) is 92.6 cm³/mol. The van der Waals surface area contributed by atoms with Crippen molar-refractivity contribution < 1.29 is 9.53 Å². The molecular weight excluding hydrogens is 302 g/mol. The molecule has 0 radical (unpaired) electrons. The van der Waals surface area contributed by atoms with E-state index in [1.165, 1.54) is 5.56 Å². The monoisotopic (exact) mass is 325 g/mol. The van der Waals surface area contributed by atoms with Crippen LogP contribution in [-0.4, -0.2) is 47.4 Å². The molecule has 0 unspecified atom stereocenters. The molecule has 0 spiro atoms. The highest BCUT2D eigenvalue weighted by atomic mass is 16.5. The second kappa shape index (κ2) is 7.45. The second-order valence-electron chi connectivity index (χ2n) is 6.07. The summed E-state index contributed by atoms with van der Waals surface area (Å²) < 4.78 is 5.51. The minimum atomic E-state index is 0.00377. The third-order valence-electron chi connectivity index (χ3n) is 4.50. The molecule has 1 fully saturated rings. The van der Waals surface area contributed by atoms with Crippen molar-refractivity contribution in [2.24, 2.45) is 0 Å². The van der Waals surface area contributed by atoms with Gasteiger partial charge in [0, 0.05) is 51.1 Å². The molecule has 0 N–H and O–H groups in total. The molecule has 1 atom stereocenters. The molecule has 1 amide bonds. The Morgan fingerprint density at radius 3 is 2.79 bits per heavy atom. The number of methoxy groups -OCH3 is 1. The zero-order valence-electron chi connectivity index (χ0n) is 14.2. The molecule has 3 rings (SSSR count). The van der Waals surface area contributed by atoms with Gasteiger partial charge in [-0.25, -0.2) is 0 Å². The number of benzene rings is 1. The first kappa shape index (κ1) is 16.5. The average molecular weight is 325 g/mol. The molecule has 24 heavy (non-hydrogen) atoms. The van der Waals surface area contributed by atoms with Gasteiger partial charge in [-0.15, -0.1) is 0 Å². The summed E-state index contributed by atoms with van der Waals surface area (Å²) in [6.07, 6.45) is 3.68. The zero-order valence-corrected chi connectivity index (χ0v) is 14.2. The SMILES string of the molecule is COc1ccccc1[C@H]1CN(Cc2cccnc2)CCN1C(C)=O. The van der Waals surface area contributed by atoms with Gasteiger partial charge < -0.3 is 9.64 Å². The van der Waals surface area contributed by atoms with E-state index in [9.17, 15) is 4.79 Å². The Hall–Kier alpha value is -2.40. The van der Waals surface area contributed by atoms with Crippen molar-refractivity contribution in [3.63, 3.8) is 0 Å². The van der Waals surface area contributed by atoms with Crippen molar-refractivity contribution in [1.29, 1.82) is 0 Å². The normalized spacial score (nSPS) is 18.4. The van der Waals surface area contributed by atoms with Gasteiger partial charge in [-0.1, -0.05) is 24.3 Å². The van der Waals surface area contributed by atoms with Gasteiger partial charge in [0.1, 0.15) is 5.75 Å². The zero-order chi connectivity index (χ0) is 16.9. The fraction of sp³-hybridized carbons (Fsp3) is 0.368. The van der Waals surface area contributed by atoms with E-state index in [0.717, 1.165) is 37.5 Å². The van der Waals surface area contributed by atoms with E-state index in [1.54, 1.807) is 20.2 Å². The summed E-state index contributed by atoms with van der Waals surface area (Å²) in [7, 11) is 1.67. The lowest BCUT2D eigenvalue weighted by molar-refractivity contribution is -0.134. The van der Waals surface area contributed by atoms with E-state index >= 15 is 0 Å². The highest BCUT2D eigenvalue weighted by Gasteiger charge is 2.31. The van der Waals surface area contributed by atoms with Crippen LogP contribution in [0.3, 0.4) is 0 Å². The van der Waals surface area contributed by atoms with Crippen molar-refractivity contribution in [2.75, 3.05) is 26.7 Å². The molecule has 1 aromatic carbocycles. The van der Waals surface area contributed by atoms with Gasteiger partial charge >= 0.3 is 0 Å². The lowest BCUT2D eigenvalue weighted by Crippen LogP contribution is -2.49. The molecule has 1 saturated heterocycles. The molecule has 0 bridgehead atoms. The van der Waals surface area contributed by atoms with Gasteiger partial charge in [-0.05, 0) is 17.7 Å². The molecular formula is C19H23N3O2. The largest absolute Gasteiger partial charge is 0.496 e. The molecule has 1 aliphatic rings. The van der Waals surface area contributed by atoms with Gasteiger partial charge in [-0.2, -0.15) is 0 Å². The van der Waals surface area contributed by atoms with Crippen molar-refractivity contribution in [2.45, 2.75) is 19.5 Å². The Kier molecular flexibility index (Phi) is 5.11. The maximum absolute atomic E-state index is 12.1. The third kappa shape index (κ3) is 3.57. The first-order valence-corrected chi connectivity index (χ1v) is 8.20. The number of ether oxygens (including phenoxy) is 1. The topological polar surface area (TPSA) is 45.7 Å². The summed E-state index contributed by atoms with van der Waals surface area (Å²) in [6, 6.07) is 12.0. The summed E-state index contributed by atoms with van der Waals surface area (Å²) in [5.41, 5.74) is 2.25. The number of hydrogen-bond donors (Lipinski definition) is 0. The van der Waals surface area contributed by atoms with E-state index in [1.807, 2.05) is 41.4 Å². The van der Waals surface area contributed by atoms with E-state index in [-0.39, 0.29) is 11.9 Å². The van der Waals surface area contributed by atoms with Crippen LogP contribution in [0.25, 0.3) is 0 Å². The van der Waals surface area contributed by atoms with Crippen LogP contribution in [-0.2, 0) is 11.3 Å². The number of para-hydroxylation sites is 1. The molecule has 1 aromatic heterocycles. The Bertz CT molecular complexity index is 690. The number of carbonyl (C=O) groups is 1. The molecule has 1 aliphatic heterocycles. The first-order chi connectivity index (χ1) is 11.7. The van der Waals surface area contributed by atoms with Crippen molar-refractivity contribution in [3.05, 3.63) is 59.9 Å². The van der Waals surface area contributed by atoms with Crippen LogP contribution in [0.4, 0.5) is 0 Å². The van der Waals surface area contributed by atoms with Crippen LogP contribution in [0, 0.1) is 0 Å². The van der Waals surface area contributed by atoms with E-state index in [2.05, 4.69) is 16.0 Å². The fourth-order valence-electron chi connectivity index (χ4n) is 3.32. The molecule has 2 heterocycles. The Balaban J connectivity index is 1.83. The predicted octanol–water partition coefficient (Wildman–Crippen LogP) is 2.50. The third-order valence-corrected chi connectivity index (χ3v) is 4.50. The molecule has 5 heteroatoms. The highest BCUT2D eigenvalue weighted by molar-refractivity contribution is 5.74. The summed E-state index contributed by atoms with van der Waals surface area (Å²) in [5.74, 6) is 0.934. The summed E-state index contributed by atoms with van der Waals surface area (Å²) in [4.78, 5) is 20.6. The van der Waals surface area contributed by atoms with Crippen LogP contribution < -0.4 is 4.74 Å². The summed E-state index contributed by atoms with van der Waals surface area (Å²) >= 11 is 0.